The van der Waals surface area contributed by atoms with E-state index in [1.165, 1.54) is 41.7 Å². The number of aryl methyl sites for hydroxylation is 1. The topological polar surface area (TPSA) is 69.6 Å². The van der Waals surface area contributed by atoms with Crippen LogP contribution < -0.4 is 5.32 Å². The summed E-state index contributed by atoms with van der Waals surface area (Å²) in [4.78, 5) is 11.6. The molecular weight excluding hydrogens is 290 g/mol. The van der Waals surface area contributed by atoms with Crippen LogP contribution in [0.15, 0.2) is 42.5 Å². The van der Waals surface area contributed by atoms with Gasteiger partial charge in [-0.05, 0) is 60.1 Å². The third-order valence-electron chi connectivity index (χ3n) is 4.46. The first kappa shape index (κ1) is 15.6. The van der Waals surface area contributed by atoms with Crippen LogP contribution in [0.25, 0.3) is 0 Å². The first-order valence-electron chi connectivity index (χ1n) is 8.00. The summed E-state index contributed by atoms with van der Waals surface area (Å²) in [5, 5.41) is 22.0. The number of nitrogens with one attached hydrogen (secondary N) is 1. The lowest BCUT2D eigenvalue weighted by Gasteiger charge is -2.21. The van der Waals surface area contributed by atoms with Crippen molar-refractivity contribution >= 4 is 5.97 Å². The fourth-order valence-electron chi connectivity index (χ4n) is 3.25. The normalized spacial score (nSPS) is 15.0. The smallest absolute Gasteiger partial charge is 0.325 e. The van der Waals surface area contributed by atoms with Gasteiger partial charge in [0.15, 0.2) is 0 Å². The molecule has 3 N–H and O–H groups in total. The van der Waals surface area contributed by atoms with E-state index in [2.05, 4.69) is 23.5 Å². The van der Waals surface area contributed by atoms with Crippen LogP contribution in [-0.4, -0.2) is 16.2 Å². The first-order valence-corrected chi connectivity index (χ1v) is 8.00. The molecule has 1 atom stereocenters. The third kappa shape index (κ3) is 3.54. The van der Waals surface area contributed by atoms with E-state index in [9.17, 15) is 15.0 Å². The highest BCUT2D eigenvalue weighted by Crippen LogP contribution is 2.25. The number of carboxylic acids is 1. The fourth-order valence-corrected chi connectivity index (χ4v) is 3.25. The van der Waals surface area contributed by atoms with Crippen molar-refractivity contribution in [3.63, 3.8) is 0 Å². The molecular formula is C19H21NO3. The van der Waals surface area contributed by atoms with Crippen molar-refractivity contribution < 1.29 is 15.0 Å². The lowest BCUT2D eigenvalue weighted by atomic mass is 9.88. The summed E-state index contributed by atoms with van der Waals surface area (Å²) < 4.78 is 0. The van der Waals surface area contributed by atoms with Gasteiger partial charge in [-0.15, -0.1) is 0 Å². The zero-order valence-corrected chi connectivity index (χ0v) is 13.0. The maximum absolute atomic E-state index is 11.6. The van der Waals surface area contributed by atoms with Crippen molar-refractivity contribution in [1.29, 1.82) is 0 Å². The molecule has 0 unspecified atom stereocenters. The molecule has 0 aromatic heterocycles. The van der Waals surface area contributed by atoms with Gasteiger partial charge >= 0.3 is 5.97 Å². The van der Waals surface area contributed by atoms with Gasteiger partial charge in [0.2, 0.25) is 0 Å². The number of rotatable bonds is 5. The Morgan fingerprint density at radius 1 is 1.09 bits per heavy atom. The quantitative estimate of drug-likeness (QED) is 0.793. The SMILES string of the molecule is O=C(O)[C@H](NCc1cccc2c1CCCC2)c1ccc(O)cc1. The highest BCUT2D eigenvalue weighted by Gasteiger charge is 2.20. The summed E-state index contributed by atoms with van der Waals surface area (Å²) >= 11 is 0. The largest absolute Gasteiger partial charge is 0.508 e. The number of phenols is 1. The summed E-state index contributed by atoms with van der Waals surface area (Å²) in [6.07, 6.45) is 4.62. The number of fused-ring (bicyclic) bond motifs is 1. The van der Waals surface area contributed by atoms with E-state index in [0.717, 1.165) is 12.8 Å². The maximum atomic E-state index is 11.6. The number of aliphatic carboxylic acids is 1. The number of hydrogen-bond acceptors (Lipinski definition) is 3. The van der Waals surface area contributed by atoms with Crippen LogP contribution >= 0.6 is 0 Å². The van der Waals surface area contributed by atoms with Gasteiger partial charge in [0.05, 0.1) is 0 Å². The Balaban J connectivity index is 1.77. The van der Waals surface area contributed by atoms with Gasteiger partial charge in [-0.2, -0.15) is 0 Å². The molecule has 3 rings (SSSR count). The monoisotopic (exact) mass is 311 g/mol. The predicted molar refractivity (Wildman–Crippen MR) is 88.4 cm³/mol. The molecule has 0 fully saturated rings. The molecule has 1 aliphatic carbocycles. The Hall–Kier alpha value is -2.33. The van der Waals surface area contributed by atoms with Gasteiger partial charge in [0.25, 0.3) is 0 Å². The molecule has 4 nitrogen and oxygen atoms in total. The molecule has 0 spiro atoms. The average Bonchev–Trinajstić information content (AvgIpc) is 2.56. The standard InChI is InChI=1S/C19H21NO3/c21-16-10-8-14(9-11-16)18(19(22)23)20-12-15-6-3-5-13-4-1-2-7-17(13)15/h3,5-6,8-11,18,20-21H,1-2,4,7,12H2,(H,22,23)/t18-/m1/s1. The number of phenolic OH excluding ortho intramolecular Hbond substituents is 1. The average molecular weight is 311 g/mol. The first-order chi connectivity index (χ1) is 11.1. The Bertz CT molecular complexity index is 694. The van der Waals surface area contributed by atoms with Crippen LogP contribution in [-0.2, 0) is 24.2 Å². The summed E-state index contributed by atoms with van der Waals surface area (Å²) in [7, 11) is 0. The summed E-state index contributed by atoms with van der Waals surface area (Å²) in [5.41, 5.74) is 4.60. The Kier molecular flexibility index (Phi) is 4.63. The van der Waals surface area contributed by atoms with Crippen molar-refractivity contribution in [3.8, 4) is 5.75 Å². The van der Waals surface area contributed by atoms with Gasteiger partial charge in [-0.3, -0.25) is 10.1 Å². The van der Waals surface area contributed by atoms with Crippen LogP contribution in [0.2, 0.25) is 0 Å². The number of benzene rings is 2. The van der Waals surface area contributed by atoms with Crippen LogP contribution in [0, 0.1) is 0 Å². The molecule has 4 heteroatoms. The van der Waals surface area contributed by atoms with Crippen LogP contribution in [0.1, 0.15) is 41.1 Å². The highest BCUT2D eigenvalue weighted by molar-refractivity contribution is 5.75. The van der Waals surface area contributed by atoms with E-state index in [0.29, 0.717) is 12.1 Å². The van der Waals surface area contributed by atoms with Gasteiger partial charge in [-0.1, -0.05) is 30.3 Å². The van der Waals surface area contributed by atoms with E-state index < -0.39 is 12.0 Å². The van der Waals surface area contributed by atoms with E-state index in [-0.39, 0.29) is 5.75 Å². The lowest BCUT2D eigenvalue weighted by molar-refractivity contribution is -0.139. The third-order valence-corrected chi connectivity index (χ3v) is 4.46. The zero-order valence-electron chi connectivity index (χ0n) is 13.0. The second-order valence-electron chi connectivity index (χ2n) is 6.01. The maximum Gasteiger partial charge on any atom is 0.325 e. The molecule has 23 heavy (non-hydrogen) atoms. The predicted octanol–water partition coefficient (Wildman–Crippen LogP) is 3.19. The Morgan fingerprint density at radius 2 is 1.83 bits per heavy atom. The van der Waals surface area contributed by atoms with Gasteiger partial charge in [-0.25, -0.2) is 0 Å². The van der Waals surface area contributed by atoms with E-state index in [1.807, 2.05) is 0 Å². The minimum atomic E-state index is -0.916. The van der Waals surface area contributed by atoms with Crippen molar-refractivity contribution in [1.82, 2.24) is 5.32 Å². The molecule has 0 saturated carbocycles. The molecule has 0 saturated heterocycles. The van der Waals surface area contributed by atoms with Gasteiger partial charge < -0.3 is 10.2 Å². The van der Waals surface area contributed by atoms with Crippen molar-refractivity contribution in [2.24, 2.45) is 0 Å². The number of aromatic hydroxyl groups is 1. The second kappa shape index (κ2) is 6.84. The molecule has 120 valence electrons. The molecule has 0 bridgehead atoms. The Morgan fingerprint density at radius 3 is 2.57 bits per heavy atom. The number of carboxylic acid groups (broad SMARTS) is 1. The number of hydrogen-bond donors (Lipinski definition) is 3. The van der Waals surface area contributed by atoms with Crippen molar-refractivity contribution in [2.75, 3.05) is 0 Å². The molecule has 1 aliphatic rings. The lowest BCUT2D eigenvalue weighted by Crippen LogP contribution is -2.28. The zero-order chi connectivity index (χ0) is 16.2. The molecule has 0 radical (unpaired) electrons. The molecule has 0 amide bonds. The summed E-state index contributed by atoms with van der Waals surface area (Å²) in [6.45, 7) is 0.529. The van der Waals surface area contributed by atoms with Crippen LogP contribution in [0.3, 0.4) is 0 Å². The minimum absolute atomic E-state index is 0.134. The van der Waals surface area contributed by atoms with Crippen molar-refractivity contribution in [3.05, 3.63) is 64.7 Å². The van der Waals surface area contributed by atoms with E-state index in [1.54, 1.807) is 12.1 Å². The second-order valence-corrected chi connectivity index (χ2v) is 6.01. The summed E-state index contributed by atoms with van der Waals surface area (Å²) in [5.74, 6) is -0.782. The van der Waals surface area contributed by atoms with E-state index >= 15 is 0 Å². The fraction of sp³-hybridized carbons (Fsp3) is 0.316. The molecule has 0 aliphatic heterocycles. The number of carbonyl (C=O) groups is 1. The summed E-state index contributed by atoms with van der Waals surface area (Å²) in [6, 6.07) is 11.8. The Labute approximate surface area is 135 Å². The van der Waals surface area contributed by atoms with Crippen molar-refractivity contribution in [2.45, 2.75) is 38.3 Å². The van der Waals surface area contributed by atoms with Crippen LogP contribution in [0.4, 0.5) is 0 Å². The van der Waals surface area contributed by atoms with E-state index in [4.69, 9.17) is 0 Å². The van der Waals surface area contributed by atoms with Gasteiger partial charge in [0, 0.05) is 6.54 Å². The molecule has 0 heterocycles. The van der Waals surface area contributed by atoms with Crippen LogP contribution in [0.5, 0.6) is 5.75 Å². The highest BCUT2D eigenvalue weighted by atomic mass is 16.4. The minimum Gasteiger partial charge on any atom is -0.508 e. The molecule has 2 aromatic rings. The van der Waals surface area contributed by atoms with Gasteiger partial charge in [0.1, 0.15) is 11.8 Å². The molecule has 2 aromatic carbocycles.